The number of piperazine rings is 1. The van der Waals surface area contributed by atoms with E-state index in [1.807, 2.05) is 36.4 Å². The molecule has 200 valence electrons. The molecule has 1 N–H and O–H groups in total. The number of pyridine rings is 1. The smallest absolute Gasteiger partial charge is 0.259 e. The van der Waals surface area contributed by atoms with Crippen molar-refractivity contribution in [2.75, 3.05) is 37.6 Å². The molecule has 0 radical (unpaired) electrons. The van der Waals surface area contributed by atoms with Crippen LogP contribution >= 0.6 is 0 Å². The van der Waals surface area contributed by atoms with Gasteiger partial charge in [0.05, 0.1) is 17.7 Å². The maximum absolute atomic E-state index is 13.5. The zero-order valence-electron chi connectivity index (χ0n) is 21.8. The molecule has 1 unspecified atom stereocenters. The molecule has 3 aliphatic rings. The van der Waals surface area contributed by atoms with Crippen LogP contribution < -0.4 is 4.90 Å². The van der Waals surface area contributed by atoms with E-state index in [2.05, 4.69) is 27.8 Å². The lowest BCUT2D eigenvalue weighted by Crippen LogP contribution is -2.53. The van der Waals surface area contributed by atoms with Crippen LogP contribution in [0.1, 0.15) is 29.3 Å². The third-order valence-electron chi connectivity index (χ3n) is 7.12. The van der Waals surface area contributed by atoms with E-state index >= 15 is 0 Å². The standard InChI is InChI=1S/C30H31N5O4/c1-22(19-35(28-8-4-5-13-32-28)30(37)24-11-9-23(18-31)10-12-24)33-14-16-34(17-15-33)29-21-38-27(20-39-29)25-6-2-3-7-26(25)36/h2-6,8-13,20-22,26,36H,7,14-17,19H2,1H3/t22-,26?/m1/s1. The number of hydrogen-bond donors (Lipinski definition) is 1. The van der Waals surface area contributed by atoms with E-state index in [0.29, 0.717) is 47.1 Å². The molecule has 1 saturated heterocycles. The molecule has 2 atom stereocenters. The lowest BCUT2D eigenvalue weighted by molar-refractivity contribution is 0.0679. The number of aliphatic hydroxyl groups is 1. The number of amides is 1. The van der Waals surface area contributed by atoms with Crippen molar-refractivity contribution in [1.29, 1.82) is 5.26 Å². The van der Waals surface area contributed by atoms with E-state index in [9.17, 15) is 9.90 Å². The SMILES string of the molecule is C[C@H](CN(C(=O)c1ccc(C#N)cc1)c1ccccn1)N1CCN(C2=COC(C3=CC=CCC3O)=CO2)CC1. The summed E-state index contributed by atoms with van der Waals surface area (Å²) in [6.45, 7) is 5.64. The first kappa shape index (κ1) is 26.2. The molecule has 3 heterocycles. The van der Waals surface area contributed by atoms with Gasteiger partial charge in [-0.25, -0.2) is 4.98 Å². The molecule has 0 bridgehead atoms. The number of allylic oxidation sites excluding steroid dienone is 2. The minimum atomic E-state index is -0.598. The molecule has 2 aliphatic heterocycles. The maximum atomic E-state index is 13.5. The van der Waals surface area contributed by atoms with Crippen molar-refractivity contribution >= 4 is 11.7 Å². The minimum Gasteiger partial charge on any atom is -0.456 e. The van der Waals surface area contributed by atoms with Gasteiger partial charge in [-0.15, -0.1) is 0 Å². The highest BCUT2D eigenvalue weighted by Gasteiger charge is 2.29. The van der Waals surface area contributed by atoms with Crippen molar-refractivity contribution in [3.63, 3.8) is 0 Å². The molecule has 9 nitrogen and oxygen atoms in total. The zero-order valence-corrected chi connectivity index (χ0v) is 21.8. The molecule has 9 heteroatoms. The van der Waals surface area contributed by atoms with E-state index in [4.69, 9.17) is 14.7 Å². The number of ether oxygens (including phenoxy) is 2. The summed E-state index contributed by atoms with van der Waals surface area (Å²) in [6.07, 6.45) is 10.4. The Hall–Kier alpha value is -4.39. The number of anilines is 1. The van der Waals surface area contributed by atoms with Crippen molar-refractivity contribution < 1.29 is 19.4 Å². The normalized spacial score (nSPS) is 20.0. The highest BCUT2D eigenvalue weighted by atomic mass is 16.6. The molecule has 39 heavy (non-hydrogen) atoms. The highest BCUT2D eigenvalue weighted by molar-refractivity contribution is 6.05. The first-order valence-electron chi connectivity index (χ1n) is 13.0. The van der Waals surface area contributed by atoms with Gasteiger partial charge in [-0.1, -0.05) is 24.3 Å². The Bertz CT molecular complexity index is 1340. The Labute approximate surface area is 228 Å². The number of rotatable bonds is 7. The summed E-state index contributed by atoms with van der Waals surface area (Å²) < 4.78 is 11.7. The Morgan fingerprint density at radius 2 is 1.95 bits per heavy atom. The van der Waals surface area contributed by atoms with E-state index < -0.39 is 6.10 Å². The van der Waals surface area contributed by atoms with Gasteiger partial charge in [0.25, 0.3) is 5.91 Å². The molecule has 5 rings (SSSR count). The molecule has 1 aromatic heterocycles. The maximum Gasteiger partial charge on any atom is 0.259 e. The van der Waals surface area contributed by atoms with Crippen LogP contribution in [0.4, 0.5) is 5.82 Å². The first-order chi connectivity index (χ1) is 19.0. The van der Waals surface area contributed by atoms with Crippen molar-refractivity contribution in [3.8, 4) is 6.07 Å². The number of nitrogens with zero attached hydrogens (tertiary/aromatic N) is 5. The Balaban J connectivity index is 1.20. The van der Waals surface area contributed by atoms with Gasteiger partial charge < -0.3 is 19.5 Å². The third-order valence-corrected chi connectivity index (χ3v) is 7.12. The van der Waals surface area contributed by atoms with E-state index in [0.717, 1.165) is 26.2 Å². The Morgan fingerprint density at radius 1 is 1.15 bits per heavy atom. The van der Waals surface area contributed by atoms with Gasteiger partial charge in [0, 0.05) is 56.1 Å². The number of aromatic nitrogens is 1. The van der Waals surface area contributed by atoms with E-state index in [1.165, 1.54) is 0 Å². The lowest BCUT2D eigenvalue weighted by atomic mass is 10.0. The molecular formula is C30H31N5O4. The number of benzene rings is 1. The largest absolute Gasteiger partial charge is 0.456 e. The van der Waals surface area contributed by atoms with Gasteiger partial charge >= 0.3 is 0 Å². The van der Waals surface area contributed by atoms with Crippen LogP contribution in [0.5, 0.6) is 0 Å². The predicted octanol–water partition coefficient (Wildman–Crippen LogP) is 3.54. The van der Waals surface area contributed by atoms with Gasteiger partial charge in [0.1, 0.15) is 12.1 Å². The lowest BCUT2D eigenvalue weighted by Gasteiger charge is -2.40. The third kappa shape index (κ3) is 6.03. The fourth-order valence-corrected chi connectivity index (χ4v) is 4.83. The second-order valence-corrected chi connectivity index (χ2v) is 9.64. The fraction of sp³-hybridized carbons (Fsp3) is 0.300. The van der Waals surface area contributed by atoms with E-state index in [1.54, 1.807) is 47.9 Å². The van der Waals surface area contributed by atoms with E-state index in [-0.39, 0.29) is 11.9 Å². The number of aliphatic hydroxyl groups excluding tert-OH is 1. The van der Waals surface area contributed by atoms with Crippen molar-refractivity contribution in [1.82, 2.24) is 14.8 Å². The summed E-state index contributed by atoms with van der Waals surface area (Å²) in [4.78, 5) is 24.1. The van der Waals surface area contributed by atoms with Crippen molar-refractivity contribution in [3.05, 3.63) is 108 Å². The summed E-state index contributed by atoms with van der Waals surface area (Å²) in [5.74, 6) is 1.59. The second-order valence-electron chi connectivity index (χ2n) is 9.64. The van der Waals surface area contributed by atoms with Gasteiger partial charge in [-0.05, 0) is 49.7 Å². The number of carbonyl (C=O) groups is 1. The fourth-order valence-electron chi connectivity index (χ4n) is 4.83. The molecule has 1 fully saturated rings. The first-order valence-corrected chi connectivity index (χ1v) is 13.0. The van der Waals surface area contributed by atoms with Gasteiger partial charge in [-0.2, -0.15) is 5.26 Å². The molecule has 1 amide bonds. The van der Waals surface area contributed by atoms with Crippen LogP contribution in [0.3, 0.4) is 0 Å². The van der Waals surface area contributed by atoms with Crippen molar-refractivity contribution in [2.45, 2.75) is 25.5 Å². The molecule has 1 aromatic carbocycles. The van der Waals surface area contributed by atoms with Crippen LogP contribution in [-0.4, -0.2) is 70.7 Å². The van der Waals surface area contributed by atoms with Crippen LogP contribution in [0.25, 0.3) is 0 Å². The average Bonchev–Trinajstić information content (AvgIpc) is 3.00. The van der Waals surface area contributed by atoms with Crippen molar-refractivity contribution in [2.24, 2.45) is 0 Å². The molecule has 0 saturated carbocycles. The Kier molecular flexibility index (Phi) is 8.06. The van der Waals surface area contributed by atoms with Crippen LogP contribution in [0.15, 0.2) is 96.6 Å². The molecule has 0 spiro atoms. The topological polar surface area (TPSA) is 102 Å². The highest BCUT2D eigenvalue weighted by Crippen LogP contribution is 2.27. The average molecular weight is 526 g/mol. The molecule has 2 aromatic rings. The second kappa shape index (κ2) is 12.0. The monoisotopic (exact) mass is 525 g/mol. The van der Waals surface area contributed by atoms with Gasteiger partial charge in [-0.3, -0.25) is 14.6 Å². The number of carbonyl (C=O) groups excluding carboxylic acids is 1. The summed E-state index contributed by atoms with van der Waals surface area (Å²) in [5.41, 5.74) is 1.73. The predicted molar refractivity (Wildman–Crippen MR) is 146 cm³/mol. The Morgan fingerprint density at radius 3 is 2.59 bits per heavy atom. The molecular weight excluding hydrogens is 494 g/mol. The number of hydrogen-bond acceptors (Lipinski definition) is 8. The van der Waals surface area contributed by atoms with Crippen LogP contribution in [-0.2, 0) is 9.47 Å². The summed E-state index contributed by atoms with van der Waals surface area (Å²) in [7, 11) is 0. The number of nitriles is 1. The molecule has 1 aliphatic carbocycles. The van der Waals surface area contributed by atoms with Gasteiger partial charge in [0.15, 0.2) is 12.0 Å². The van der Waals surface area contributed by atoms with Crippen LogP contribution in [0, 0.1) is 11.3 Å². The zero-order chi connectivity index (χ0) is 27.2. The summed E-state index contributed by atoms with van der Waals surface area (Å²) in [5, 5.41) is 19.3. The minimum absolute atomic E-state index is 0.0771. The van der Waals surface area contributed by atoms with Crippen LogP contribution in [0.2, 0.25) is 0 Å². The van der Waals surface area contributed by atoms with Gasteiger partial charge in [0.2, 0.25) is 5.88 Å². The quantitative estimate of drug-likeness (QED) is 0.586. The summed E-state index contributed by atoms with van der Waals surface area (Å²) in [6, 6.07) is 14.4. The summed E-state index contributed by atoms with van der Waals surface area (Å²) >= 11 is 0.